The maximum Gasteiger partial charge on any atom is 0.227 e. The van der Waals surface area contributed by atoms with Crippen molar-refractivity contribution in [1.29, 1.82) is 0 Å². The number of hydrogen-bond donors (Lipinski definition) is 1. The van der Waals surface area contributed by atoms with Crippen molar-refractivity contribution < 1.29 is 14.6 Å². The first-order valence-electron chi connectivity index (χ1n) is 11.0. The monoisotopic (exact) mass is 461 g/mol. The van der Waals surface area contributed by atoms with Crippen LogP contribution in [0.5, 0.6) is 5.75 Å². The molecule has 0 radical (unpaired) electrons. The van der Waals surface area contributed by atoms with Gasteiger partial charge in [0, 0.05) is 29.6 Å². The minimum atomic E-state index is -0.731. The first-order chi connectivity index (χ1) is 16.1. The van der Waals surface area contributed by atoms with Gasteiger partial charge in [0.2, 0.25) is 5.91 Å². The number of imidazole rings is 1. The molecule has 1 aliphatic heterocycles. The number of aromatic nitrogens is 2. The molecule has 0 bridgehead atoms. The molecule has 168 valence electrons. The van der Waals surface area contributed by atoms with Gasteiger partial charge >= 0.3 is 0 Å². The zero-order chi connectivity index (χ0) is 22.8. The van der Waals surface area contributed by atoms with Gasteiger partial charge in [0.05, 0.1) is 17.6 Å². The second-order valence-electron chi connectivity index (χ2n) is 8.23. The SMILES string of the molecule is O=C1C[C@@H](c2nc3ccccc3n2C[C@H](O)COc2ccccc2)CN1c1ccc(Cl)cc1. The van der Waals surface area contributed by atoms with E-state index in [2.05, 4.69) is 0 Å². The predicted octanol–water partition coefficient (Wildman–Crippen LogP) is 4.65. The minimum Gasteiger partial charge on any atom is -0.491 e. The smallest absolute Gasteiger partial charge is 0.227 e. The topological polar surface area (TPSA) is 67.6 Å². The lowest BCUT2D eigenvalue weighted by molar-refractivity contribution is -0.117. The number of carbonyl (C=O) groups is 1. The number of hydrogen-bond acceptors (Lipinski definition) is 4. The lowest BCUT2D eigenvalue weighted by Gasteiger charge is -2.19. The van der Waals surface area contributed by atoms with E-state index in [1.54, 1.807) is 17.0 Å². The molecule has 6 nitrogen and oxygen atoms in total. The summed E-state index contributed by atoms with van der Waals surface area (Å²) in [5, 5.41) is 11.4. The van der Waals surface area contributed by atoms with Crippen molar-refractivity contribution >= 4 is 34.2 Å². The fraction of sp³-hybridized carbons (Fsp3) is 0.231. The number of benzene rings is 3. The average Bonchev–Trinajstić information content (AvgIpc) is 3.39. The minimum absolute atomic E-state index is 0.0499. The molecule has 2 atom stereocenters. The van der Waals surface area contributed by atoms with Crippen molar-refractivity contribution in [2.75, 3.05) is 18.1 Å². The highest BCUT2D eigenvalue weighted by Gasteiger charge is 2.35. The molecule has 0 spiro atoms. The lowest BCUT2D eigenvalue weighted by Crippen LogP contribution is -2.26. The third-order valence-electron chi connectivity index (χ3n) is 5.89. The Labute approximate surface area is 197 Å². The molecule has 1 amide bonds. The summed E-state index contributed by atoms with van der Waals surface area (Å²) in [5.41, 5.74) is 2.61. The molecule has 33 heavy (non-hydrogen) atoms. The number of nitrogens with zero attached hydrogens (tertiary/aromatic N) is 3. The predicted molar refractivity (Wildman–Crippen MR) is 129 cm³/mol. The number of anilines is 1. The molecular formula is C26H24ClN3O3. The van der Waals surface area contributed by atoms with Crippen LogP contribution < -0.4 is 9.64 Å². The molecule has 1 aliphatic rings. The Hall–Kier alpha value is -3.35. The summed E-state index contributed by atoms with van der Waals surface area (Å²) in [6, 6.07) is 24.6. The third kappa shape index (κ3) is 4.58. The van der Waals surface area contributed by atoms with E-state index in [-0.39, 0.29) is 18.4 Å². The number of amides is 1. The highest BCUT2D eigenvalue weighted by molar-refractivity contribution is 6.30. The van der Waals surface area contributed by atoms with E-state index in [9.17, 15) is 9.90 Å². The van der Waals surface area contributed by atoms with E-state index in [1.165, 1.54) is 0 Å². The second kappa shape index (κ2) is 9.25. The van der Waals surface area contributed by atoms with Crippen LogP contribution in [0.3, 0.4) is 0 Å². The molecule has 4 aromatic rings. The Morgan fingerprint density at radius 3 is 2.55 bits per heavy atom. The third-order valence-corrected chi connectivity index (χ3v) is 6.14. The van der Waals surface area contributed by atoms with E-state index in [4.69, 9.17) is 21.3 Å². The Balaban J connectivity index is 1.38. The van der Waals surface area contributed by atoms with Gasteiger partial charge in [-0.25, -0.2) is 4.98 Å². The highest BCUT2D eigenvalue weighted by atomic mass is 35.5. The summed E-state index contributed by atoms with van der Waals surface area (Å²) < 4.78 is 7.76. The number of aliphatic hydroxyl groups excluding tert-OH is 1. The molecule has 3 aromatic carbocycles. The first kappa shape index (κ1) is 21.5. The maximum atomic E-state index is 12.8. The van der Waals surface area contributed by atoms with Crippen LogP contribution in [0.2, 0.25) is 5.02 Å². The molecule has 0 saturated carbocycles. The Morgan fingerprint density at radius 2 is 1.76 bits per heavy atom. The quantitative estimate of drug-likeness (QED) is 0.435. The van der Waals surface area contributed by atoms with E-state index >= 15 is 0 Å². The van der Waals surface area contributed by atoms with Crippen molar-refractivity contribution in [3.05, 3.63) is 89.7 Å². The molecule has 5 rings (SSSR count). The van der Waals surface area contributed by atoms with Gasteiger partial charge in [-0.3, -0.25) is 4.79 Å². The van der Waals surface area contributed by atoms with Crippen LogP contribution in [0.4, 0.5) is 5.69 Å². The number of rotatable bonds is 7. The molecular weight excluding hydrogens is 438 g/mol. The first-order valence-corrected chi connectivity index (χ1v) is 11.3. The lowest BCUT2D eigenvalue weighted by atomic mass is 10.1. The van der Waals surface area contributed by atoms with Crippen molar-refractivity contribution in [3.8, 4) is 5.75 Å². The summed E-state index contributed by atoms with van der Waals surface area (Å²) in [4.78, 5) is 19.5. The van der Waals surface area contributed by atoms with Crippen LogP contribution in [-0.2, 0) is 11.3 Å². The fourth-order valence-corrected chi connectivity index (χ4v) is 4.45. The van der Waals surface area contributed by atoms with E-state index in [0.29, 0.717) is 30.3 Å². The number of halogens is 1. The van der Waals surface area contributed by atoms with Gasteiger partial charge in [0.25, 0.3) is 0 Å². The fourth-order valence-electron chi connectivity index (χ4n) is 4.32. The van der Waals surface area contributed by atoms with Gasteiger partial charge in [-0.05, 0) is 48.5 Å². The van der Waals surface area contributed by atoms with Crippen molar-refractivity contribution in [2.45, 2.75) is 25.0 Å². The van der Waals surface area contributed by atoms with Crippen molar-refractivity contribution in [3.63, 3.8) is 0 Å². The van der Waals surface area contributed by atoms with Crippen molar-refractivity contribution in [1.82, 2.24) is 9.55 Å². The molecule has 1 saturated heterocycles. The summed E-state index contributed by atoms with van der Waals surface area (Å²) in [7, 11) is 0. The standard InChI is InChI=1S/C26H24ClN3O3/c27-19-10-12-20(13-11-19)29-15-18(14-25(29)32)26-28-23-8-4-5-9-24(23)30(26)16-21(31)17-33-22-6-2-1-3-7-22/h1-13,18,21,31H,14-17H2/t18-,21+/m1/s1. The number of para-hydroxylation sites is 3. The second-order valence-corrected chi connectivity index (χ2v) is 8.67. The Kier molecular flexibility index (Phi) is 6.03. The summed E-state index contributed by atoms with van der Waals surface area (Å²) >= 11 is 6.01. The van der Waals surface area contributed by atoms with Gasteiger partial charge < -0.3 is 19.3 Å². The molecule has 7 heteroatoms. The van der Waals surface area contributed by atoms with Crippen LogP contribution >= 0.6 is 11.6 Å². The zero-order valence-corrected chi connectivity index (χ0v) is 18.7. The largest absolute Gasteiger partial charge is 0.491 e. The molecule has 0 aliphatic carbocycles. The van der Waals surface area contributed by atoms with Crippen LogP contribution in [-0.4, -0.2) is 39.8 Å². The number of aliphatic hydroxyl groups is 1. The summed E-state index contributed by atoms with van der Waals surface area (Å²) in [6.45, 7) is 1.02. The zero-order valence-electron chi connectivity index (χ0n) is 18.0. The summed E-state index contributed by atoms with van der Waals surface area (Å²) in [6.07, 6.45) is -0.367. The number of fused-ring (bicyclic) bond motifs is 1. The van der Waals surface area contributed by atoms with Crippen molar-refractivity contribution in [2.24, 2.45) is 0 Å². The molecule has 1 aromatic heterocycles. The summed E-state index contributed by atoms with van der Waals surface area (Å²) in [5.74, 6) is 1.49. The van der Waals surface area contributed by atoms with Crippen LogP contribution in [0.1, 0.15) is 18.2 Å². The molecule has 0 unspecified atom stereocenters. The van der Waals surface area contributed by atoms with E-state index < -0.39 is 6.10 Å². The van der Waals surface area contributed by atoms with Gasteiger partial charge in [0.1, 0.15) is 24.3 Å². The Bertz CT molecular complexity index is 1260. The van der Waals surface area contributed by atoms with Gasteiger partial charge in [-0.2, -0.15) is 0 Å². The number of ether oxygens (including phenoxy) is 1. The van der Waals surface area contributed by atoms with Crippen LogP contribution in [0.25, 0.3) is 11.0 Å². The molecule has 1 N–H and O–H groups in total. The van der Waals surface area contributed by atoms with Crippen LogP contribution in [0.15, 0.2) is 78.9 Å². The molecule has 1 fully saturated rings. The highest BCUT2D eigenvalue weighted by Crippen LogP contribution is 2.33. The van der Waals surface area contributed by atoms with Gasteiger partial charge in [-0.1, -0.05) is 41.9 Å². The van der Waals surface area contributed by atoms with Gasteiger partial charge in [-0.15, -0.1) is 0 Å². The maximum absolute atomic E-state index is 12.8. The molecule has 2 heterocycles. The normalized spacial score (nSPS) is 17.0. The van der Waals surface area contributed by atoms with Crippen LogP contribution in [0, 0.1) is 0 Å². The van der Waals surface area contributed by atoms with E-state index in [1.807, 2.05) is 71.3 Å². The average molecular weight is 462 g/mol. The van der Waals surface area contributed by atoms with E-state index in [0.717, 1.165) is 22.5 Å². The number of carbonyl (C=O) groups excluding carboxylic acids is 1. The van der Waals surface area contributed by atoms with Gasteiger partial charge in [0.15, 0.2) is 0 Å². The Morgan fingerprint density at radius 1 is 1.03 bits per heavy atom.